The molecule has 2 aromatic heterocycles. The highest BCUT2D eigenvalue weighted by Crippen LogP contribution is 2.22. The van der Waals surface area contributed by atoms with Crippen LogP contribution in [0.25, 0.3) is 5.57 Å². The second kappa shape index (κ2) is 7.90. The fraction of sp³-hybridized carbons (Fsp3) is 0.429. The molecule has 0 atom stereocenters. The van der Waals surface area contributed by atoms with Crippen LogP contribution in [0, 0.1) is 0 Å². The third-order valence-corrected chi connectivity index (χ3v) is 6.89. The quantitative estimate of drug-likeness (QED) is 0.565. The van der Waals surface area contributed by atoms with Gasteiger partial charge >= 0.3 is 20.4 Å². The molecule has 0 unspecified atom stereocenters. The van der Waals surface area contributed by atoms with Gasteiger partial charge in [0.05, 0.1) is 18.0 Å². The van der Waals surface area contributed by atoms with Crippen molar-refractivity contribution in [2.45, 2.75) is 0 Å². The van der Waals surface area contributed by atoms with Crippen molar-refractivity contribution in [2.24, 2.45) is 0 Å². The number of nitrogens with zero attached hydrogens (tertiary/aromatic N) is 6. The van der Waals surface area contributed by atoms with Gasteiger partial charge in [-0.05, 0) is 6.08 Å². The predicted molar refractivity (Wildman–Crippen MR) is 99.4 cm³/mol. The molecule has 11 nitrogen and oxygen atoms in total. The number of imidazole rings is 2. The Labute approximate surface area is 158 Å². The van der Waals surface area contributed by atoms with Crippen molar-refractivity contribution < 1.29 is 21.6 Å². The van der Waals surface area contributed by atoms with E-state index in [2.05, 4.69) is 9.97 Å². The Kier molecular flexibility index (Phi) is 6.21. The largest absolute Gasteiger partial charge is 0.381 e. The van der Waals surface area contributed by atoms with Gasteiger partial charge in [-0.15, -0.1) is 0 Å². The Morgan fingerprint density at radius 1 is 0.963 bits per heavy atom. The first-order valence-electron chi connectivity index (χ1n) is 7.65. The molecule has 0 radical (unpaired) electrons. The number of rotatable bonds is 8. The minimum absolute atomic E-state index is 0.204. The van der Waals surface area contributed by atoms with Gasteiger partial charge in [-0.2, -0.15) is 25.4 Å². The average molecular weight is 419 g/mol. The van der Waals surface area contributed by atoms with Gasteiger partial charge in [-0.25, -0.2) is 17.9 Å². The molecule has 0 N–H and O–H groups in total. The highest BCUT2D eigenvalue weighted by molar-refractivity contribution is 7.87. The summed E-state index contributed by atoms with van der Waals surface area (Å²) in [5.74, 6) is 0. The molecular weight excluding hydrogens is 396 g/mol. The van der Waals surface area contributed by atoms with Crippen LogP contribution in [-0.4, -0.2) is 85.3 Å². The number of hydrogen-bond acceptors (Lipinski definition) is 7. The lowest BCUT2D eigenvalue weighted by molar-refractivity contribution is 0.234. The molecule has 150 valence electrons. The van der Waals surface area contributed by atoms with Crippen LogP contribution in [0.5, 0.6) is 0 Å². The molecule has 13 heteroatoms. The van der Waals surface area contributed by atoms with Crippen LogP contribution in [0.1, 0.15) is 11.4 Å². The van der Waals surface area contributed by atoms with E-state index in [0.717, 1.165) is 16.6 Å². The lowest BCUT2D eigenvalue weighted by Crippen LogP contribution is -2.27. The molecule has 0 fully saturated rings. The number of ether oxygens (including phenoxy) is 1. The van der Waals surface area contributed by atoms with Crippen molar-refractivity contribution in [1.29, 1.82) is 0 Å². The zero-order valence-electron chi connectivity index (χ0n) is 15.6. The molecule has 27 heavy (non-hydrogen) atoms. The van der Waals surface area contributed by atoms with Crippen LogP contribution in [0.4, 0.5) is 0 Å². The highest BCUT2D eigenvalue weighted by Gasteiger charge is 2.21. The zero-order chi connectivity index (χ0) is 20.4. The highest BCUT2D eigenvalue weighted by atomic mass is 32.2. The van der Waals surface area contributed by atoms with E-state index in [-0.39, 0.29) is 6.61 Å². The van der Waals surface area contributed by atoms with E-state index in [0.29, 0.717) is 17.0 Å². The van der Waals surface area contributed by atoms with Crippen LogP contribution in [0.15, 0.2) is 31.1 Å². The Morgan fingerprint density at radius 3 is 1.70 bits per heavy atom. The fourth-order valence-electron chi connectivity index (χ4n) is 2.03. The van der Waals surface area contributed by atoms with Crippen LogP contribution < -0.4 is 0 Å². The van der Waals surface area contributed by atoms with Crippen LogP contribution >= 0.6 is 0 Å². The van der Waals surface area contributed by atoms with Gasteiger partial charge in [0.15, 0.2) is 0 Å². The molecule has 0 spiro atoms. The molecule has 0 aliphatic rings. The second-order valence-electron chi connectivity index (χ2n) is 5.83. The maximum atomic E-state index is 12.2. The van der Waals surface area contributed by atoms with Gasteiger partial charge in [0.2, 0.25) is 0 Å². The monoisotopic (exact) mass is 418 g/mol. The van der Waals surface area contributed by atoms with Crippen LogP contribution in [0.2, 0.25) is 0 Å². The summed E-state index contributed by atoms with van der Waals surface area (Å²) in [6, 6.07) is 0. The molecule has 0 saturated heterocycles. The Morgan fingerprint density at radius 2 is 1.37 bits per heavy atom. The first kappa shape index (κ1) is 21.2. The first-order chi connectivity index (χ1) is 12.5. The maximum Gasteiger partial charge on any atom is 0.308 e. The van der Waals surface area contributed by atoms with Crippen molar-refractivity contribution in [3.63, 3.8) is 0 Å². The summed E-state index contributed by atoms with van der Waals surface area (Å²) in [7, 11) is -0.314. The lowest BCUT2D eigenvalue weighted by atomic mass is 10.1. The smallest absolute Gasteiger partial charge is 0.308 e. The van der Waals surface area contributed by atoms with Gasteiger partial charge in [0.25, 0.3) is 0 Å². The molecule has 0 aromatic carbocycles. The van der Waals surface area contributed by atoms with Crippen LogP contribution in [-0.2, 0) is 25.2 Å². The maximum absolute atomic E-state index is 12.2. The molecule has 2 aromatic rings. The third kappa shape index (κ3) is 4.27. The minimum atomic E-state index is -3.72. The van der Waals surface area contributed by atoms with E-state index in [9.17, 15) is 16.8 Å². The summed E-state index contributed by atoms with van der Waals surface area (Å²) in [5, 5.41) is 0. The van der Waals surface area contributed by atoms with Gasteiger partial charge in [0.1, 0.15) is 12.7 Å². The predicted octanol–water partition coefficient (Wildman–Crippen LogP) is -0.533. The lowest BCUT2D eigenvalue weighted by Gasteiger charge is -2.11. The first-order valence-corrected chi connectivity index (χ1v) is 10.4. The second-order valence-corrected chi connectivity index (χ2v) is 9.93. The Bertz CT molecular complexity index is 956. The van der Waals surface area contributed by atoms with E-state index in [1.54, 1.807) is 6.08 Å². The summed E-state index contributed by atoms with van der Waals surface area (Å²) in [4.78, 5) is 8.25. The van der Waals surface area contributed by atoms with Gasteiger partial charge in [0, 0.05) is 53.3 Å². The number of methoxy groups -OCH3 is 1. The van der Waals surface area contributed by atoms with Gasteiger partial charge in [-0.3, -0.25) is 0 Å². The van der Waals surface area contributed by atoms with E-state index in [1.807, 2.05) is 0 Å². The van der Waals surface area contributed by atoms with Crippen molar-refractivity contribution in [3.05, 3.63) is 42.5 Å². The summed E-state index contributed by atoms with van der Waals surface area (Å²) in [6.07, 6.45) is 6.63. The SMILES string of the molecule is COCC=C(c1cn(S(=O)(=O)N(C)C)cn1)c1cn(S(=O)(=O)N(C)C)cn1. The van der Waals surface area contributed by atoms with Crippen LogP contribution in [0.3, 0.4) is 0 Å². The summed E-state index contributed by atoms with van der Waals surface area (Å²) >= 11 is 0. The van der Waals surface area contributed by atoms with Crippen molar-refractivity contribution in [1.82, 2.24) is 26.5 Å². The molecule has 0 aliphatic carbocycles. The summed E-state index contributed by atoms with van der Waals surface area (Å²) < 4.78 is 58.0. The molecule has 2 rings (SSSR count). The Hall–Kier alpha value is -2.06. The number of aromatic nitrogens is 4. The zero-order valence-corrected chi connectivity index (χ0v) is 17.3. The van der Waals surface area contributed by atoms with Crippen molar-refractivity contribution >= 4 is 26.0 Å². The van der Waals surface area contributed by atoms with Crippen molar-refractivity contribution in [2.75, 3.05) is 41.9 Å². The van der Waals surface area contributed by atoms with Gasteiger partial charge < -0.3 is 4.74 Å². The molecule has 0 amide bonds. The summed E-state index contributed by atoms with van der Waals surface area (Å²) in [6.45, 7) is 0.204. The van der Waals surface area contributed by atoms with E-state index in [1.165, 1.54) is 60.3 Å². The average Bonchev–Trinajstić information content (AvgIpc) is 3.25. The van der Waals surface area contributed by atoms with E-state index < -0.39 is 20.4 Å². The standard InChI is InChI=1S/C14H22N6O5S2/c1-17(2)26(21,22)19-8-13(15-10-19)12(6-7-25-5)14-9-20(11-16-14)27(23,24)18(3)4/h6,8-11H,7H2,1-5H3. The van der Waals surface area contributed by atoms with E-state index in [4.69, 9.17) is 4.74 Å². The Balaban J connectivity index is 2.51. The molecule has 0 bridgehead atoms. The molecule has 0 aliphatic heterocycles. The number of hydrogen-bond donors (Lipinski definition) is 0. The topological polar surface area (TPSA) is 120 Å². The normalized spacial score (nSPS) is 12.7. The minimum Gasteiger partial charge on any atom is -0.381 e. The molecular formula is C14H22N6O5S2. The summed E-state index contributed by atoms with van der Waals surface area (Å²) in [5.41, 5.74) is 1.06. The van der Waals surface area contributed by atoms with Gasteiger partial charge in [-0.1, -0.05) is 0 Å². The molecule has 2 heterocycles. The fourth-order valence-corrected chi connectivity index (χ4v) is 3.58. The van der Waals surface area contributed by atoms with E-state index >= 15 is 0 Å². The molecule has 0 saturated carbocycles. The van der Waals surface area contributed by atoms with Crippen molar-refractivity contribution in [3.8, 4) is 0 Å². The third-order valence-electron chi connectivity index (χ3n) is 3.58.